The zero-order valence-electron chi connectivity index (χ0n) is 9.86. The van der Waals surface area contributed by atoms with Crippen molar-refractivity contribution < 1.29 is 0 Å². The second kappa shape index (κ2) is 6.19. The molecule has 0 aromatic heterocycles. The molecule has 15 heavy (non-hydrogen) atoms. The summed E-state index contributed by atoms with van der Waals surface area (Å²) in [5.41, 5.74) is 7.21. The highest BCUT2D eigenvalue weighted by Crippen LogP contribution is 2.28. The number of hydrogen-bond donors (Lipinski definition) is 1. The Bertz CT molecular complexity index is 296. The van der Waals surface area contributed by atoms with E-state index in [9.17, 15) is 0 Å². The van der Waals surface area contributed by atoms with E-state index in [1.165, 1.54) is 22.6 Å². The maximum absolute atomic E-state index is 5.94. The average Bonchev–Trinajstić information content (AvgIpc) is 2.26. The van der Waals surface area contributed by atoms with Gasteiger partial charge in [0.1, 0.15) is 0 Å². The average molecular weight is 223 g/mol. The first kappa shape index (κ1) is 12.6. The van der Waals surface area contributed by atoms with E-state index in [1.807, 2.05) is 18.7 Å². The van der Waals surface area contributed by atoms with Gasteiger partial charge in [-0.05, 0) is 24.5 Å². The zero-order valence-corrected chi connectivity index (χ0v) is 10.7. The van der Waals surface area contributed by atoms with Gasteiger partial charge in [-0.15, -0.1) is 11.8 Å². The normalized spacial score (nSPS) is 14.9. The Morgan fingerprint density at radius 1 is 1.27 bits per heavy atom. The van der Waals surface area contributed by atoms with Gasteiger partial charge in [0.05, 0.1) is 0 Å². The highest BCUT2D eigenvalue weighted by molar-refractivity contribution is 7.99. The van der Waals surface area contributed by atoms with Crippen LogP contribution in [0.15, 0.2) is 29.2 Å². The summed E-state index contributed by atoms with van der Waals surface area (Å²) in [6.07, 6.45) is 1.24. The van der Waals surface area contributed by atoms with Crippen LogP contribution in [0.1, 0.15) is 38.8 Å². The van der Waals surface area contributed by atoms with E-state index in [-0.39, 0.29) is 6.04 Å². The predicted molar refractivity (Wildman–Crippen MR) is 69.2 cm³/mol. The van der Waals surface area contributed by atoms with Gasteiger partial charge < -0.3 is 5.73 Å². The molecule has 2 heteroatoms. The van der Waals surface area contributed by atoms with Gasteiger partial charge in [-0.1, -0.05) is 38.5 Å². The first-order valence-corrected chi connectivity index (χ1v) is 6.61. The Kier molecular flexibility index (Phi) is 5.20. The quantitative estimate of drug-likeness (QED) is 0.767. The second-order valence-electron chi connectivity index (χ2n) is 4.15. The summed E-state index contributed by atoms with van der Waals surface area (Å²) in [6.45, 7) is 6.58. The third-order valence-electron chi connectivity index (χ3n) is 2.63. The van der Waals surface area contributed by atoms with Crippen LogP contribution in [0.5, 0.6) is 0 Å². The number of thioether (sulfide) groups is 1. The molecule has 84 valence electrons. The van der Waals surface area contributed by atoms with Crippen molar-refractivity contribution >= 4 is 11.8 Å². The van der Waals surface area contributed by atoms with Gasteiger partial charge in [0.2, 0.25) is 0 Å². The first-order valence-electron chi connectivity index (χ1n) is 5.62. The van der Waals surface area contributed by atoms with E-state index in [2.05, 4.69) is 38.1 Å². The fraction of sp³-hybridized carbons (Fsp3) is 0.538. The van der Waals surface area contributed by atoms with E-state index < -0.39 is 0 Å². The first-order chi connectivity index (χ1) is 7.15. The molecule has 0 amide bonds. The predicted octanol–water partition coefficient (Wildman–Crippen LogP) is 3.84. The Morgan fingerprint density at radius 3 is 2.53 bits per heavy atom. The minimum Gasteiger partial charge on any atom is -0.324 e. The standard InChI is InChI=1S/C13H21NS/c1-4-10(2)9-15-13-8-6-5-7-12(13)11(3)14/h5-8,10-11H,4,9,14H2,1-3H3. The van der Waals surface area contributed by atoms with E-state index in [1.54, 1.807) is 0 Å². The molecule has 0 aliphatic carbocycles. The number of nitrogens with two attached hydrogens (primary N) is 1. The Balaban J connectivity index is 2.67. The van der Waals surface area contributed by atoms with Crippen LogP contribution in [0, 0.1) is 5.92 Å². The van der Waals surface area contributed by atoms with E-state index in [0.717, 1.165) is 5.92 Å². The lowest BCUT2D eigenvalue weighted by Gasteiger charge is -2.13. The van der Waals surface area contributed by atoms with Gasteiger partial charge in [-0.3, -0.25) is 0 Å². The molecule has 1 rings (SSSR count). The van der Waals surface area contributed by atoms with Crippen LogP contribution < -0.4 is 5.73 Å². The van der Waals surface area contributed by atoms with Crippen LogP contribution >= 0.6 is 11.8 Å². The van der Waals surface area contributed by atoms with Crippen LogP contribution in [-0.2, 0) is 0 Å². The molecule has 0 saturated heterocycles. The molecule has 0 saturated carbocycles. The Hall–Kier alpha value is -0.470. The molecule has 0 aliphatic heterocycles. The smallest absolute Gasteiger partial charge is 0.0277 e. The maximum Gasteiger partial charge on any atom is 0.0277 e. The third kappa shape index (κ3) is 3.88. The summed E-state index contributed by atoms with van der Waals surface area (Å²) in [5, 5.41) is 0. The molecular formula is C13H21NS. The number of rotatable bonds is 5. The van der Waals surface area contributed by atoms with E-state index in [4.69, 9.17) is 5.73 Å². The van der Waals surface area contributed by atoms with Gasteiger partial charge >= 0.3 is 0 Å². The van der Waals surface area contributed by atoms with Gasteiger partial charge in [0.25, 0.3) is 0 Å². The summed E-state index contributed by atoms with van der Waals surface area (Å²) < 4.78 is 0. The van der Waals surface area contributed by atoms with Crippen molar-refractivity contribution in [2.45, 2.75) is 38.1 Å². The lowest BCUT2D eigenvalue weighted by Crippen LogP contribution is -2.06. The highest BCUT2D eigenvalue weighted by Gasteiger charge is 2.07. The Labute approximate surface area is 97.4 Å². The van der Waals surface area contributed by atoms with Gasteiger partial charge in [0.15, 0.2) is 0 Å². The van der Waals surface area contributed by atoms with Gasteiger partial charge in [-0.2, -0.15) is 0 Å². The van der Waals surface area contributed by atoms with E-state index >= 15 is 0 Å². The molecule has 0 heterocycles. The molecule has 2 unspecified atom stereocenters. The fourth-order valence-electron chi connectivity index (χ4n) is 1.34. The van der Waals surface area contributed by atoms with Crippen molar-refractivity contribution in [3.8, 4) is 0 Å². The maximum atomic E-state index is 5.94. The van der Waals surface area contributed by atoms with Gasteiger partial charge in [-0.25, -0.2) is 0 Å². The van der Waals surface area contributed by atoms with E-state index in [0.29, 0.717) is 0 Å². The molecule has 0 fully saturated rings. The minimum atomic E-state index is 0.130. The molecule has 1 aromatic rings. The van der Waals surface area contributed by atoms with Crippen molar-refractivity contribution in [2.24, 2.45) is 11.7 Å². The summed E-state index contributed by atoms with van der Waals surface area (Å²) in [6, 6.07) is 8.58. The summed E-state index contributed by atoms with van der Waals surface area (Å²) in [4.78, 5) is 1.34. The van der Waals surface area contributed by atoms with Crippen LogP contribution in [-0.4, -0.2) is 5.75 Å². The largest absolute Gasteiger partial charge is 0.324 e. The molecular weight excluding hydrogens is 202 g/mol. The Morgan fingerprint density at radius 2 is 1.93 bits per heavy atom. The van der Waals surface area contributed by atoms with Crippen molar-refractivity contribution in [3.63, 3.8) is 0 Å². The molecule has 0 radical (unpaired) electrons. The second-order valence-corrected chi connectivity index (χ2v) is 5.21. The molecule has 0 spiro atoms. The van der Waals surface area contributed by atoms with Crippen LogP contribution in [0.4, 0.5) is 0 Å². The summed E-state index contributed by atoms with van der Waals surface area (Å²) in [5.74, 6) is 1.95. The van der Waals surface area contributed by atoms with Crippen LogP contribution in [0.25, 0.3) is 0 Å². The molecule has 1 aromatic carbocycles. The summed E-state index contributed by atoms with van der Waals surface area (Å²) in [7, 11) is 0. The van der Waals surface area contributed by atoms with Crippen molar-refractivity contribution in [1.29, 1.82) is 0 Å². The lowest BCUT2D eigenvalue weighted by atomic mass is 10.1. The van der Waals surface area contributed by atoms with Crippen LogP contribution in [0.2, 0.25) is 0 Å². The zero-order chi connectivity index (χ0) is 11.3. The number of hydrogen-bond acceptors (Lipinski definition) is 2. The lowest BCUT2D eigenvalue weighted by molar-refractivity contribution is 0.636. The third-order valence-corrected chi connectivity index (χ3v) is 4.05. The van der Waals surface area contributed by atoms with Crippen molar-refractivity contribution in [1.82, 2.24) is 0 Å². The molecule has 0 bridgehead atoms. The molecule has 2 atom stereocenters. The fourth-order valence-corrected chi connectivity index (χ4v) is 2.63. The SMILES string of the molecule is CCC(C)CSc1ccccc1C(C)N. The highest BCUT2D eigenvalue weighted by atomic mass is 32.2. The molecule has 0 aliphatic rings. The number of benzene rings is 1. The summed E-state index contributed by atoms with van der Waals surface area (Å²) >= 11 is 1.93. The molecule has 1 nitrogen and oxygen atoms in total. The minimum absolute atomic E-state index is 0.130. The van der Waals surface area contributed by atoms with Crippen molar-refractivity contribution in [3.05, 3.63) is 29.8 Å². The topological polar surface area (TPSA) is 26.0 Å². The van der Waals surface area contributed by atoms with Crippen molar-refractivity contribution in [2.75, 3.05) is 5.75 Å². The molecule has 2 N–H and O–H groups in total. The van der Waals surface area contributed by atoms with Gasteiger partial charge in [0, 0.05) is 16.7 Å². The van der Waals surface area contributed by atoms with Crippen LogP contribution in [0.3, 0.4) is 0 Å². The monoisotopic (exact) mass is 223 g/mol.